The van der Waals surface area contributed by atoms with E-state index in [0.717, 1.165) is 0 Å². The normalized spacial score (nSPS) is 5.80. The summed E-state index contributed by atoms with van der Waals surface area (Å²) >= 11 is 0. The molecule has 0 bridgehead atoms. The molecule has 48 valence electrons. The van der Waals surface area contributed by atoms with Crippen LogP contribution in [-0.4, -0.2) is 86.7 Å². The predicted molar refractivity (Wildman–Crippen MR) is 28.4 cm³/mol. The molecule has 0 aromatic rings. The Morgan fingerprint density at radius 2 is 0.900 bits per heavy atom. The van der Waals surface area contributed by atoms with E-state index in [1.54, 1.807) is 0 Å². The van der Waals surface area contributed by atoms with E-state index in [1.165, 1.54) is 0 Å². The van der Waals surface area contributed by atoms with Crippen molar-refractivity contribution in [2.24, 2.45) is 0 Å². The summed E-state index contributed by atoms with van der Waals surface area (Å²) < 4.78 is 34.1. The smallest absolute Gasteiger partial charge is 2.00 e. The van der Waals surface area contributed by atoms with Gasteiger partial charge in [0.25, 0.3) is 0 Å². The summed E-state index contributed by atoms with van der Waals surface area (Å²) in [5.74, 6) is 0. The fourth-order valence-electron chi connectivity index (χ4n) is 0. The molecule has 10 heteroatoms. The van der Waals surface area contributed by atoms with Crippen molar-refractivity contribution < 1.29 is 35.4 Å². The Bertz CT molecular complexity index is 100. The van der Waals surface area contributed by atoms with Crippen molar-refractivity contribution in [3.8, 4) is 0 Å². The second kappa shape index (κ2) is 17.5. The average Bonchev–Trinajstić information content (AvgIpc) is 0.722. The maximum atomic E-state index is 8.52. The van der Waals surface area contributed by atoms with Gasteiger partial charge in [0, 0.05) is 10.4 Å². The molecule has 10 heavy (non-hydrogen) atoms. The Labute approximate surface area is 113 Å². The van der Waals surface area contributed by atoms with E-state index in [1.807, 2.05) is 0 Å². The van der Waals surface area contributed by atoms with Crippen molar-refractivity contribution >= 4 is 79.6 Å². The molecule has 0 aliphatic heterocycles. The van der Waals surface area contributed by atoms with Crippen molar-refractivity contribution in [3.05, 3.63) is 0 Å². The molecule has 0 amide bonds. The van der Waals surface area contributed by atoms with E-state index in [0.29, 0.717) is 0 Å². The van der Waals surface area contributed by atoms with Crippen LogP contribution in [0.1, 0.15) is 0 Å². The molecule has 0 fully saturated rings. The number of hydrogen-bond acceptors (Lipinski definition) is 4. The fraction of sp³-hybridized carbons (Fsp3) is 0. The number of rotatable bonds is 0. The molecule has 0 saturated carbocycles. The zero-order chi connectivity index (χ0) is 4.50. The van der Waals surface area contributed by atoms with Gasteiger partial charge in [-0.05, 0) is 0 Å². The number of halogens is 1. The van der Waals surface area contributed by atoms with Gasteiger partial charge in [0.2, 0.25) is 0 Å². The van der Waals surface area contributed by atoms with Crippen molar-refractivity contribution in [3.63, 3.8) is 0 Å². The van der Waals surface area contributed by atoms with Crippen LogP contribution in [0.5, 0.6) is 0 Å². The zero-order valence-electron chi connectivity index (χ0n) is 4.95. The number of hydrogen-bond donors (Lipinski definition) is 0. The van der Waals surface area contributed by atoms with Crippen LogP contribution in [0.2, 0.25) is 0 Å². The second-order valence-electron chi connectivity index (χ2n) is 0.408. The molecule has 0 saturated heterocycles. The molecule has 0 spiro atoms. The van der Waals surface area contributed by atoms with E-state index in [4.69, 9.17) is 17.5 Å². The van der Waals surface area contributed by atoms with Gasteiger partial charge < -0.3 is 27.0 Å². The van der Waals surface area contributed by atoms with Crippen LogP contribution in [0.25, 0.3) is 0 Å². The summed E-state index contributed by atoms with van der Waals surface area (Å²) in [5, 5.41) is 0. The zero-order valence-corrected chi connectivity index (χ0v) is 10.8. The van der Waals surface area contributed by atoms with Gasteiger partial charge in [-0.1, -0.05) is 0 Å². The summed E-state index contributed by atoms with van der Waals surface area (Å²) in [6, 6.07) is 0. The van der Waals surface area contributed by atoms with Crippen molar-refractivity contribution in [2.45, 2.75) is 0 Å². The van der Waals surface area contributed by atoms with E-state index in [2.05, 4.69) is 0 Å². The predicted octanol–water partition coefficient (Wildman–Crippen LogP) is -5.60. The first-order chi connectivity index (χ1) is 2.00. The van der Waals surface area contributed by atoms with Gasteiger partial charge in [0.1, 0.15) is 0 Å². The van der Waals surface area contributed by atoms with E-state index >= 15 is 0 Å². The summed E-state index contributed by atoms with van der Waals surface area (Å²) in [5.41, 5.74) is 0. The molecule has 0 aromatic heterocycles. The first-order valence-corrected chi connectivity index (χ1v) is 2.00. The Morgan fingerprint density at radius 3 is 0.900 bits per heavy atom. The van der Waals surface area contributed by atoms with Crippen LogP contribution in [0.4, 0.5) is 0 Å². The van der Waals surface area contributed by atoms with E-state index < -0.39 is 10.4 Å². The second-order valence-corrected chi connectivity index (χ2v) is 1.22. The minimum atomic E-state index is -5.17. The SMILES string of the molecule is O=S(=O)([O-])[O-].[Cl-].[Mg+2].[Mg+2].[Mg+2].[O-2]. The molecule has 0 aromatic carbocycles. The maximum absolute atomic E-state index is 8.52. The van der Waals surface area contributed by atoms with Gasteiger partial charge in [-0.25, -0.2) is 0 Å². The molecule has 0 N–H and O–H groups in total. The van der Waals surface area contributed by atoms with E-state index in [-0.39, 0.29) is 87.0 Å². The standard InChI is InChI=1S/ClH.3Mg.H2O4S.O/c;;;;1-5(2,3)4;/h1H;;;;(H2,1,2,3,4);/q;3*+2;;-2/p-3. The monoisotopic (exact) mass is 219 g/mol. The average molecular weight is 220 g/mol. The van der Waals surface area contributed by atoms with Gasteiger partial charge in [0.15, 0.2) is 0 Å². The molecule has 0 unspecified atom stereocenters. The molecule has 0 atom stereocenters. The van der Waals surface area contributed by atoms with Crippen LogP contribution < -0.4 is 12.4 Å². The molecule has 0 aliphatic carbocycles. The van der Waals surface area contributed by atoms with Crippen LogP contribution in [-0.2, 0) is 15.9 Å². The Balaban J connectivity index is -0.00000000800. The quantitative estimate of drug-likeness (QED) is 0.230. The van der Waals surface area contributed by atoms with Crippen molar-refractivity contribution in [1.29, 1.82) is 0 Å². The third-order valence-electron chi connectivity index (χ3n) is 0. The van der Waals surface area contributed by atoms with Gasteiger partial charge in [-0.15, -0.1) is 0 Å². The fourth-order valence-corrected chi connectivity index (χ4v) is 0. The molecular formula is ClMg3O5S+. The molecule has 0 heterocycles. The molecular weight excluding hydrogens is 220 g/mol. The Hall–Kier alpha value is 2.42. The Morgan fingerprint density at radius 1 is 0.900 bits per heavy atom. The van der Waals surface area contributed by atoms with Crippen molar-refractivity contribution in [2.75, 3.05) is 0 Å². The molecule has 0 radical (unpaired) electrons. The van der Waals surface area contributed by atoms with Gasteiger partial charge in [0.05, 0.1) is 0 Å². The van der Waals surface area contributed by atoms with Crippen LogP contribution >= 0.6 is 0 Å². The molecule has 5 nitrogen and oxygen atoms in total. The summed E-state index contributed by atoms with van der Waals surface area (Å²) in [6.45, 7) is 0. The maximum Gasteiger partial charge on any atom is 2.00 e. The van der Waals surface area contributed by atoms with E-state index in [9.17, 15) is 0 Å². The molecule has 0 aliphatic rings. The topological polar surface area (TPSA) is 109 Å². The summed E-state index contributed by atoms with van der Waals surface area (Å²) in [6.07, 6.45) is 0. The first-order valence-electron chi connectivity index (χ1n) is 0.667. The van der Waals surface area contributed by atoms with Gasteiger partial charge in [-0.3, -0.25) is 8.42 Å². The minimum Gasteiger partial charge on any atom is -2.00 e. The minimum absolute atomic E-state index is 0. The largest absolute Gasteiger partial charge is 2.00 e. The van der Waals surface area contributed by atoms with Crippen LogP contribution in [0.15, 0.2) is 0 Å². The molecule has 0 rings (SSSR count). The van der Waals surface area contributed by atoms with Crippen LogP contribution in [0, 0.1) is 0 Å². The van der Waals surface area contributed by atoms with Gasteiger partial charge in [-0.2, -0.15) is 0 Å². The van der Waals surface area contributed by atoms with Gasteiger partial charge >= 0.3 is 69.2 Å². The first kappa shape index (κ1) is 39.3. The summed E-state index contributed by atoms with van der Waals surface area (Å²) in [4.78, 5) is 0. The Kier molecular flexibility index (Phi) is 68.7. The third-order valence-corrected chi connectivity index (χ3v) is 0. The summed E-state index contributed by atoms with van der Waals surface area (Å²) in [7, 11) is -5.17. The van der Waals surface area contributed by atoms with Crippen LogP contribution in [0.3, 0.4) is 0 Å². The van der Waals surface area contributed by atoms with Crippen molar-refractivity contribution in [1.82, 2.24) is 0 Å². The third kappa shape index (κ3) is 158.